The van der Waals surface area contributed by atoms with Crippen LogP contribution in [0.4, 0.5) is 23.0 Å². The van der Waals surface area contributed by atoms with Crippen LogP contribution < -0.4 is 20.9 Å². The van der Waals surface area contributed by atoms with Crippen LogP contribution in [0.2, 0.25) is 10.6 Å². The van der Waals surface area contributed by atoms with E-state index in [1.54, 1.807) is 12.1 Å². The maximum absolute atomic E-state index is 15.1. The summed E-state index contributed by atoms with van der Waals surface area (Å²) in [4.78, 5) is 57.6. The number of ketones is 2. The molecular weight excluding hydrogens is 1150 g/mol. The zero-order valence-corrected chi connectivity index (χ0v) is 42.6. The molecule has 9 rings (SSSR count). The Balaban J connectivity index is 1.31. The average Bonchev–Trinajstić information content (AvgIpc) is 3.48. The number of aromatic amines is 1. The second-order valence-electron chi connectivity index (χ2n) is 15.2. The fourth-order valence-corrected chi connectivity index (χ4v) is 10.8. The molecule has 0 saturated heterocycles. The van der Waals surface area contributed by atoms with E-state index in [0.717, 1.165) is 24.3 Å². The standard InChI is InChI=1S/C44H26Cl2N6O19S5/c45-42-50-43(46)52-44(51-42)48-27-16-26(31(73-70-67-57)18-33(27)76(62,63)64)47-28-17-30(65-29-13-10-20(15-32(29)74-71-68-58)19-8-11-23(12-9-19)75(59,60)61)38-36-34(24-6-1-2-7-25(24)40(54)35(28)36)37(41(55)49-38)39(53)21-4-3-5-22(14-21)72-69-66-56/h1-18,47,56-58H,(H,49,55)(H,59,60,61)(H,62,63,64)(H,48,50,51,52). The molecule has 0 aliphatic heterocycles. The minimum absolute atomic E-state index is 0.00444. The first-order valence-corrected chi connectivity index (χ1v) is 26.4. The molecule has 0 bridgehead atoms. The van der Waals surface area contributed by atoms with Crippen molar-refractivity contribution in [1.82, 2.24) is 19.9 Å². The number of benzene rings is 6. The number of hydrogen-bond acceptors (Lipinski definition) is 25. The van der Waals surface area contributed by atoms with Gasteiger partial charge in [-0.1, -0.05) is 69.7 Å². The van der Waals surface area contributed by atoms with Crippen LogP contribution in [0.5, 0.6) is 11.5 Å². The van der Waals surface area contributed by atoms with Crippen molar-refractivity contribution in [1.29, 1.82) is 0 Å². The second-order valence-corrected chi connectivity index (χ2v) is 20.9. The first kappa shape index (κ1) is 54.2. The molecule has 2 aromatic heterocycles. The number of rotatable bonds is 20. The highest BCUT2D eigenvalue weighted by Gasteiger charge is 2.36. The van der Waals surface area contributed by atoms with Gasteiger partial charge >= 0.3 is 0 Å². The third-order valence-electron chi connectivity index (χ3n) is 10.8. The third kappa shape index (κ3) is 11.4. The molecule has 6 aromatic carbocycles. The van der Waals surface area contributed by atoms with Gasteiger partial charge in [-0.2, -0.15) is 31.8 Å². The van der Waals surface area contributed by atoms with Gasteiger partial charge in [-0.05, 0) is 88.4 Å². The van der Waals surface area contributed by atoms with Gasteiger partial charge in [0.25, 0.3) is 25.8 Å². The highest BCUT2D eigenvalue weighted by molar-refractivity contribution is 7.95. The predicted molar refractivity (Wildman–Crippen MR) is 270 cm³/mol. The Bertz CT molecular complexity index is 3930. The van der Waals surface area contributed by atoms with E-state index >= 15 is 4.79 Å². The van der Waals surface area contributed by atoms with Gasteiger partial charge in [-0.3, -0.25) is 23.5 Å². The number of ether oxygens (including phenoxy) is 1. The van der Waals surface area contributed by atoms with Crippen molar-refractivity contribution in [2.24, 2.45) is 0 Å². The Morgan fingerprint density at radius 2 is 1.28 bits per heavy atom. The molecule has 32 heteroatoms. The first-order valence-electron chi connectivity index (χ1n) is 20.5. The number of carbonyl (C=O) groups excluding carboxylic acids is 2. The lowest BCUT2D eigenvalue weighted by Gasteiger charge is -2.26. The van der Waals surface area contributed by atoms with Crippen LogP contribution in [-0.4, -0.2) is 73.2 Å². The number of nitrogens with one attached hydrogen (secondary N) is 3. The normalized spacial score (nSPS) is 12.2. The number of hydrogen-bond donors (Lipinski definition) is 8. The molecule has 2 heterocycles. The van der Waals surface area contributed by atoms with Crippen LogP contribution >= 0.6 is 59.3 Å². The van der Waals surface area contributed by atoms with Crippen molar-refractivity contribution in [2.75, 3.05) is 10.6 Å². The summed E-state index contributed by atoms with van der Waals surface area (Å²) in [5, 5.41) is 43.4. The Hall–Kier alpha value is -6.63. The highest BCUT2D eigenvalue weighted by atomic mass is 35.5. The van der Waals surface area contributed by atoms with Gasteiger partial charge in [0, 0.05) is 33.0 Å². The second kappa shape index (κ2) is 22.5. The monoisotopic (exact) mass is 1170 g/mol. The van der Waals surface area contributed by atoms with Crippen LogP contribution in [-0.2, 0) is 48.4 Å². The quantitative estimate of drug-likeness (QED) is 0.0116. The lowest BCUT2D eigenvalue weighted by Crippen LogP contribution is -2.24. The summed E-state index contributed by atoms with van der Waals surface area (Å²) in [6.07, 6.45) is 0. The zero-order chi connectivity index (χ0) is 54.1. The Labute approximate surface area is 447 Å². The zero-order valence-electron chi connectivity index (χ0n) is 37.0. The molecule has 0 atom stereocenters. The molecule has 76 heavy (non-hydrogen) atoms. The Morgan fingerprint density at radius 3 is 1.95 bits per heavy atom. The van der Waals surface area contributed by atoms with Crippen molar-refractivity contribution in [3.8, 4) is 33.8 Å². The summed E-state index contributed by atoms with van der Waals surface area (Å²) in [6.45, 7) is 0. The summed E-state index contributed by atoms with van der Waals surface area (Å²) in [5.41, 5.74) is -1.78. The smallest absolute Gasteiger partial charge is 0.296 e. The molecule has 0 spiro atoms. The molecule has 0 amide bonds. The topological polar surface area (TPSA) is 364 Å². The van der Waals surface area contributed by atoms with Gasteiger partial charge in [0.1, 0.15) is 10.6 Å². The average molecular weight is 1170 g/mol. The van der Waals surface area contributed by atoms with Crippen LogP contribution in [0.15, 0.2) is 138 Å². The third-order valence-corrected chi connectivity index (χ3v) is 14.8. The molecule has 0 unspecified atom stereocenters. The molecule has 25 nitrogen and oxygen atoms in total. The van der Waals surface area contributed by atoms with Gasteiger partial charge in [-0.25, -0.2) is 15.8 Å². The molecule has 1 aliphatic rings. The lowest BCUT2D eigenvalue weighted by atomic mass is 9.80. The van der Waals surface area contributed by atoms with Crippen molar-refractivity contribution in [3.05, 3.63) is 152 Å². The van der Waals surface area contributed by atoms with Gasteiger partial charge in [0.2, 0.25) is 16.5 Å². The van der Waals surface area contributed by atoms with Crippen molar-refractivity contribution in [3.63, 3.8) is 0 Å². The SMILES string of the molecule is O=C(c1cccc(SOOO)c1)c1c2c3c(c(Nc4cc(Nc5nc(Cl)nc(Cl)n5)c(S(=O)(=O)O)cc4SOOO)cc(Oc4ccc(-c5ccc(S(=O)(=O)O)cc5)cc4SOOO)c3[nH]c1=O)C(=O)c1ccccc1-2. The number of anilines is 4. The van der Waals surface area contributed by atoms with Crippen LogP contribution in [0.25, 0.3) is 33.2 Å². The summed E-state index contributed by atoms with van der Waals surface area (Å²) in [7, 11) is -9.70. The van der Waals surface area contributed by atoms with Crippen LogP contribution in [0, 0.1) is 0 Å². The highest BCUT2D eigenvalue weighted by Crippen LogP contribution is 2.49. The Morgan fingerprint density at radius 1 is 0.618 bits per heavy atom. The maximum atomic E-state index is 15.1. The predicted octanol–water partition coefficient (Wildman–Crippen LogP) is 10.2. The number of carbonyl (C=O) groups is 2. The summed E-state index contributed by atoms with van der Waals surface area (Å²) >= 11 is 13.2. The summed E-state index contributed by atoms with van der Waals surface area (Å²) < 4.78 is 90.0. The largest absolute Gasteiger partial charge is 0.454 e. The molecule has 1 aliphatic carbocycles. The van der Waals surface area contributed by atoms with Crippen molar-refractivity contribution < 1.29 is 84.2 Å². The minimum atomic E-state index is -5.16. The van der Waals surface area contributed by atoms with E-state index in [1.165, 1.54) is 72.8 Å². The van der Waals surface area contributed by atoms with Crippen molar-refractivity contribution in [2.45, 2.75) is 24.5 Å². The molecule has 8 aromatic rings. The number of nitrogens with zero attached hydrogens (tertiary/aromatic N) is 3. The van der Waals surface area contributed by atoms with Gasteiger partial charge in [-0.15, -0.1) is 13.0 Å². The molecule has 8 N–H and O–H groups in total. The van der Waals surface area contributed by atoms with Crippen molar-refractivity contribution >= 4 is 125 Å². The molecule has 0 radical (unpaired) electrons. The summed E-state index contributed by atoms with van der Waals surface area (Å²) in [5.74, 6) is -2.29. The van der Waals surface area contributed by atoms with E-state index in [4.69, 9.17) is 41.9 Å². The number of halogens is 2. The molecule has 0 saturated carbocycles. The fourth-order valence-electron chi connectivity index (χ4n) is 7.83. The van der Waals surface area contributed by atoms with Gasteiger partial charge in [0.05, 0.1) is 84.5 Å². The maximum Gasteiger partial charge on any atom is 0.296 e. The van der Waals surface area contributed by atoms with Crippen LogP contribution in [0.1, 0.15) is 31.8 Å². The van der Waals surface area contributed by atoms with Gasteiger partial charge < -0.3 is 20.4 Å². The molecular formula is C44H26Cl2N6O19S5. The van der Waals surface area contributed by atoms with E-state index in [-0.39, 0.29) is 93.2 Å². The van der Waals surface area contributed by atoms with E-state index in [9.17, 15) is 46.0 Å². The van der Waals surface area contributed by atoms with E-state index in [1.807, 2.05) is 0 Å². The van der Waals surface area contributed by atoms with E-state index < -0.39 is 70.0 Å². The van der Waals surface area contributed by atoms with Crippen LogP contribution in [0.3, 0.4) is 0 Å². The minimum Gasteiger partial charge on any atom is -0.454 e. The lowest BCUT2D eigenvalue weighted by molar-refractivity contribution is -0.432. The van der Waals surface area contributed by atoms with E-state index in [0.29, 0.717) is 35.2 Å². The fraction of sp³-hybridized carbons (Fsp3) is 0. The number of pyridine rings is 1. The number of H-pyrrole nitrogens is 1. The molecule has 0 fully saturated rings. The summed E-state index contributed by atoms with van der Waals surface area (Å²) in [6, 6.07) is 24.5. The van der Waals surface area contributed by atoms with Gasteiger partial charge in [0.15, 0.2) is 17.3 Å². The van der Waals surface area contributed by atoms with E-state index in [2.05, 4.69) is 50.0 Å². The molecule has 390 valence electrons. The first-order chi connectivity index (χ1) is 36.4. The number of aromatic nitrogens is 4. The Kier molecular flexibility index (Phi) is 16.1. The number of fused-ring (bicyclic) bond motifs is 2.